The maximum Gasteiger partial charge on any atom is 0.0594 e. The maximum atomic E-state index is 5.74. The van der Waals surface area contributed by atoms with Crippen molar-refractivity contribution in [2.75, 3.05) is 13.7 Å². The zero-order chi connectivity index (χ0) is 13.5. The predicted octanol–water partition coefficient (Wildman–Crippen LogP) is 3.86. The fraction of sp³-hybridized carbons (Fsp3) is 0.647. The highest BCUT2D eigenvalue weighted by molar-refractivity contribution is 5.25. The summed E-state index contributed by atoms with van der Waals surface area (Å²) in [4.78, 5) is 0. The van der Waals surface area contributed by atoms with E-state index in [1.807, 2.05) is 7.05 Å². The highest BCUT2D eigenvalue weighted by Crippen LogP contribution is 2.25. The lowest BCUT2D eigenvalue weighted by Gasteiger charge is -2.20. The van der Waals surface area contributed by atoms with E-state index < -0.39 is 0 Å². The average molecular weight is 261 g/mol. The van der Waals surface area contributed by atoms with Crippen molar-refractivity contribution in [2.45, 2.75) is 57.6 Å². The van der Waals surface area contributed by atoms with E-state index in [0.29, 0.717) is 12.1 Å². The van der Waals surface area contributed by atoms with E-state index in [-0.39, 0.29) is 0 Å². The topological polar surface area (TPSA) is 21.3 Å². The smallest absolute Gasteiger partial charge is 0.0594 e. The van der Waals surface area contributed by atoms with Gasteiger partial charge < -0.3 is 10.1 Å². The van der Waals surface area contributed by atoms with Crippen molar-refractivity contribution < 1.29 is 4.74 Å². The van der Waals surface area contributed by atoms with Crippen molar-refractivity contribution >= 4 is 0 Å². The number of ether oxygens (including phenoxy) is 1. The minimum atomic E-state index is 0.420. The Bertz CT molecular complexity index is 354. The largest absolute Gasteiger partial charge is 0.378 e. The van der Waals surface area contributed by atoms with Crippen LogP contribution in [0.3, 0.4) is 0 Å². The van der Waals surface area contributed by atoms with E-state index in [1.54, 1.807) is 0 Å². The first-order valence-electron chi connectivity index (χ1n) is 7.71. The Morgan fingerprint density at radius 2 is 2.11 bits per heavy atom. The number of aryl methyl sites for hydroxylation is 1. The number of hydrogen-bond acceptors (Lipinski definition) is 2. The summed E-state index contributed by atoms with van der Waals surface area (Å²) >= 11 is 0. The van der Waals surface area contributed by atoms with Gasteiger partial charge in [0.05, 0.1) is 6.10 Å². The van der Waals surface area contributed by atoms with E-state index in [4.69, 9.17) is 4.74 Å². The standard InChI is InChI=1S/C17H27NO/c1-3-4-6-14-8-10-15(11-9-14)17(18-2)13-16-7-5-12-19-16/h8-11,16-18H,3-7,12-13H2,1-2H3. The van der Waals surface area contributed by atoms with Crippen LogP contribution in [-0.2, 0) is 11.2 Å². The second kappa shape index (κ2) is 7.66. The van der Waals surface area contributed by atoms with Crippen molar-refractivity contribution in [3.05, 3.63) is 35.4 Å². The summed E-state index contributed by atoms with van der Waals surface area (Å²) in [6.45, 7) is 3.18. The van der Waals surface area contributed by atoms with Crippen LogP contribution in [0.15, 0.2) is 24.3 Å². The molecule has 1 N–H and O–H groups in total. The van der Waals surface area contributed by atoms with Gasteiger partial charge >= 0.3 is 0 Å². The zero-order valence-corrected chi connectivity index (χ0v) is 12.3. The van der Waals surface area contributed by atoms with Gasteiger partial charge in [0.2, 0.25) is 0 Å². The predicted molar refractivity (Wildman–Crippen MR) is 80.4 cm³/mol. The van der Waals surface area contributed by atoms with E-state index >= 15 is 0 Å². The molecule has 106 valence electrons. The summed E-state index contributed by atoms with van der Waals surface area (Å²) in [5.41, 5.74) is 2.84. The molecule has 1 fully saturated rings. The van der Waals surface area contributed by atoms with Gasteiger partial charge in [-0.2, -0.15) is 0 Å². The summed E-state index contributed by atoms with van der Waals surface area (Å²) in [5.74, 6) is 0. The normalized spacial score (nSPS) is 20.6. The highest BCUT2D eigenvalue weighted by Gasteiger charge is 2.20. The lowest BCUT2D eigenvalue weighted by Crippen LogP contribution is -2.22. The molecule has 1 aromatic rings. The van der Waals surface area contributed by atoms with Crippen LogP contribution < -0.4 is 5.32 Å². The van der Waals surface area contributed by atoms with E-state index in [2.05, 4.69) is 36.5 Å². The van der Waals surface area contributed by atoms with Crippen LogP contribution in [0.4, 0.5) is 0 Å². The second-order valence-corrected chi connectivity index (χ2v) is 5.56. The van der Waals surface area contributed by atoms with E-state index in [0.717, 1.165) is 13.0 Å². The molecule has 1 heterocycles. The van der Waals surface area contributed by atoms with E-state index in [1.165, 1.54) is 43.2 Å². The monoisotopic (exact) mass is 261 g/mol. The fourth-order valence-corrected chi connectivity index (χ4v) is 2.81. The quantitative estimate of drug-likeness (QED) is 0.804. The SMILES string of the molecule is CCCCc1ccc(C(CC2CCCO2)NC)cc1. The van der Waals surface area contributed by atoms with Gasteiger partial charge in [-0.1, -0.05) is 37.6 Å². The molecule has 0 radical (unpaired) electrons. The highest BCUT2D eigenvalue weighted by atomic mass is 16.5. The minimum Gasteiger partial charge on any atom is -0.378 e. The molecule has 1 saturated heterocycles. The average Bonchev–Trinajstić information content (AvgIpc) is 2.96. The Labute approximate surface area is 117 Å². The van der Waals surface area contributed by atoms with Crippen LogP contribution in [-0.4, -0.2) is 19.8 Å². The Balaban J connectivity index is 1.93. The van der Waals surface area contributed by atoms with Gasteiger partial charge in [0.25, 0.3) is 0 Å². The molecule has 0 aromatic heterocycles. The van der Waals surface area contributed by atoms with Crippen molar-refractivity contribution in [2.24, 2.45) is 0 Å². The second-order valence-electron chi connectivity index (χ2n) is 5.56. The van der Waals surface area contributed by atoms with E-state index in [9.17, 15) is 0 Å². The van der Waals surface area contributed by atoms with Crippen LogP contribution in [0.1, 0.15) is 56.2 Å². The Kier molecular flexibility index (Phi) is 5.87. The summed E-state index contributed by atoms with van der Waals surface area (Å²) in [6.07, 6.45) is 7.71. The van der Waals surface area contributed by atoms with Crippen LogP contribution >= 0.6 is 0 Å². The van der Waals surface area contributed by atoms with Gasteiger partial charge in [-0.25, -0.2) is 0 Å². The Morgan fingerprint density at radius 3 is 2.68 bits per heavy atom. The van der Waals surface area contributed by atoms with Crippen molar-refractivity contribution in [3.8, 4) is 0 Å². The molecule has 0 amide bonds. The summed E-state index contributed by atoms with van der Waals surface area (Å²) in [6, 6.07) is 9.54. The molecule has 2 unspecified atom stereocenters. The molecule has 0 spiro atoms. The van der Waals surface area contributed by atoms with Gasteiger partial charge in [0.1, 0.15) is 0 Å². The lowest BCUT2D eigenvalue weighted by atomic mass is 9.97. The molecule has 2 rings (SSSR count). The molecule has 2 heteroatoms. The number of hydrogen-bond donors (Lipinski definition) is 1. The zero-order valence-electron chi connectivity index (χ0n) is 12.3. The number of nitrogens with one attached hydrogen (secondary N) is 1. The van der Waals surface area contributed by atoms with Gasteiger partial charge in [-0.05, 0) is 50.3 Å². The molecule has 1 aromatic carbocycles. The molecule has 1 aliphatic rings. The van der Waals surface area contributed by atoms with Gasteiger partial charge in [0.15, 0.2) is 0 Å². The third kappa shape index (κ3) is 4.32. The van der Waals surface area contributed by atoms with Crippen molar-refractivity contribution in [3.63, 3.8) is 0 Å². The first-order valence-corrected chi connectivity index (χ1v) is 7.71. The molecular formula is C17H27NO. The van der Waals surface area contributed by atoms with Crippen LogP contribution in [0, 0.1) is 0 Å². The maximum absolute atomic E-state index is 5.74. The Morgan fingerprint density at radius 1 is 1.32 bits per heavy atom. The van der Waals surface area contributed by atoms with Gasteiger partial charge in [-0.15, -0.1) is 0 Å². The van der Waals surface area contributed by atoms with Crippen molar-refractivity contribution in [1.82, 2.24) is 5.32 Å². The molecule has 2 atom stereocenters. The summed E-state index contributed by atoms with van der Waals surface area (Å²) in [5, 5.41) is 3.43. The molecule has 2 nitrogen and oxygen atoms in total. The van der Waals surface area contributed by atoms with Crippen LogP contribution in [0.2, 0.25) is 0 Å². The lowest BCUT2D eigenvalue weighted by molar-refractivity contribution is 0.0954. The van der Waals surface area contributed by atoms with Gasteiger partial charge in [0, 0.05) is 12.6 Å². The molecule has 0 aliphatic carbocycles. The summed E-state index contributed by atoms with van der Waals surface area (Å²) in [7, 11) is 2.05. The molecule has 0 saturated carbocycles. The number of unbranched alkanes of at least 4 members (excludes halogenated alkanes) is 1. The first kappa shape index (κ1) is 14.5. The van der Waals surface area contributed by atoms with Crippen LogP contribution in [0.5, 0.6) is 0 Å². The Hall–Kier alpha value is -0.860. The number of benzene rings is 1. The number of rotatable bonds is 7. The first-order chi connectivity index (χ1) is 9.33. The molecule has 0 bridgehead atoms. The van der Waals surface area contributed by atoms with Gasteiger partial charge in [-0.3, -0.25) is 0 Å². The van der Waals surface area contributed by atoms with Crippen LogP contribution in [0.25, 0.3) is 0 Å². The molecule has 1 aliphatic heterocycles. The summed E-state index contributed by atoms with van der Waals surface area (Å²) < 4.78 is 5.74. The fourth-order valence-electron chi connectivity index (χ4n) is 2.81. The molecule has 19 heavy (non-hydrogen) atoms. The third-order valence-electron chi connectivity index (χ3n) is 4.07. The van der Waals surface area contributed by atoms with Crippen molar-refractivity contribution in [1.29, 1.82) is 0 Å². The third-order valence-corrected chi connectivity index (χ3v) is 4.07. The molecular weight excluding hydrogens is 234 g/mol. The minimum absolute atomic E-state index is 0.420.